The van der Waals surface area contributed by atoms with Crippen LogP contribution in [-0.4, -0.2) is 17.3 Å². The van der Waals surface area contributed by atoms with Gasteiger partial charge in [0.25, 0.3) is 0 Å². The summed E-state index contributed by atoms with van der Waals surface area (Å²) in [5.41, 5.74) is 0.188. The van der Waals surface area contributed by atoms with Gasteiger partial charge in [0.2, 0.25) is 0 Å². The van der Waals surface area contributed by atoms with Crippen molar-refractivity contribution in [1.82, 2.24) is 5.32 Å². The molecule has 0 aromatic heterocycles. The van der Waals surface area contributed by atoms with Crippen LogP contribution in [0.4, 0.5) is 0 Å². The zero-order valence-corrected chi connectivity index (χ0v) is 13.7. The maximum absolute atomic E-state index is 10.3. The van der Waals surface area contributed by atoms with Gasteiger partial charge in [-0.25, -0.2) is 0 Å². The van der Waals surface area contributed by atoms with E-state index >= 15 is 0 Å². The second kappa shape index (κ2) is 6.01. The minimum Gasteiger partial charge on any atom is -0.388 e. The minimum absolute atomic E-state index is 0.139. The van der Waals surface area contributed by atoms with Gasteiger partial charge in [0.05, 0.1) is 21.7 Å². The van der Waals surface area contributed by atoms with Gasteiger partial charge in [0.15, 0.2) is 0 Å². The van der Waals surface area contributed by atoms with Gasteiger partial charge in [-0.15, -0.1) is 0 Å². The fourth-order valence-corrected chi connectivity index (χ4v) is 2.18. The zero-order valence-electron chi connectivity index (χ0n) is 12.2. The summed E-state index contributed by atoms with van der Waals surface area (Å²) in [6.45, 7) is 10.8. The molecule has 0 amide bonds. The lowest BCUT2D eigenvalue weighted by Crippen LogP contribution is -2.42. The van der Waals surface area contributed by atoms with Crippen LogP contribution in [0, 0.1) is 5.41 Å². The summed E-state index contributed by atoms with van der Waals surface area (Å²) in [7, 11) is 0. The maximum Gasteiger partial charge on any atom is 0.0785 e. The molecule has 0 aliphatic carbocycles. The van der Waals surface area contributed by atoms with E-state index in [2.05, 4.69) is 26.1 Å². The van der Waals surface area contributed by atoms with Gasteiger partial charge in [-0.1, -0.05) is 50.0 Å². The first-order valence-corrected chi connectivity index (χ1v) is 7.17. The molecular formula is C15H23Cl2NO. The normalized spacial score (nSPS) is 14.5. The standard InChI is InChI=1S/C15H23Cl2NO/c1-14(2,3)9-18-13(15(4,5)19)10-6-7-11(16)12(17)8-10/h6-8,13,18-19H,9H2,1-5H3. The highest BCUT2D eigenvalue weighted by Gasteiger charge is 2.29. The van der Waals surface area contributed by atoms with Crippen molar-refractivity contribution in [3.05, 3.63) is 33.8 Å². The van der Waals surface area contributed by atoms with Gasteiger partial charge in [0.1, 0.15) is 0 Å². The van der Waals surface area contributed by atoms with Gasteiger partial charge >= 0.3 is 0 Å². The van der Waals surface area contributed by atoms with E-state index in [0.29, 0.717) is 10.0 Å². The summed E-state index contributed by atoms with van der Waals surface area (Å²) in [5, 5.41) is 14.8. The molecule has 1 aromatic carbocycles. The van der Waals surface area contributed by atoms with Crippen molar-refractivity contribution in [2.45, 2.75) is 46.3 Å². The molecule has 4 heteroatoms. The Balaban J connectivity index is 3.00. The number of hydrogen-bond donors (Lipinski definition) is 2. The molecular weight excluding hydrogens is 281 g/mol. The number of hydrogen-bond acceptors (Lipinski definition) is 2. The molecule has 1 atom stereocenters. The lowest BCUT2D eigenvalue weighted by atomic mass is 9.89. The van der Waals surface area contributed by atoms with Gasteiger partial charge in [-0.2, -0.15) is 0 Å². The van der Waals surface area contributed by atoms with Crippen molar-refractivity contribution in [1.29, 1.82) is 0 Å². The van der Waals surface area contributed by atoms with Crippen molar-refractivity contribution in [2.75, 3.05) is 6.54 Å². The maximum atomic E-state index is 10.3. The predicted octanol–water partition coefficient (Wildman–Crippen LogP) is 4.44. The van der Waals surface area contributed by atoms with E-state index in [-0.39, 0.29) is 11.5 Å². The molecule has 2 nitrogen and oxygen atoms in total. The summed E-state index contributed by atoms with van der Waals surface area (Å²) < 4.78 is 0. The number of aliphatic hydroxyl groups is 1. The third-order valence-electron chi connectivity index (χ3n) is 2.82. The summed E-state index contributed by atoms with van der Waals surface area (Å²) in [5.74, 6) is 0. The quantitative estimate of drug-likeness (QED) is 0.862. The minimum atomic E-state index is -0.886. The molecule has 1 aromatic rings. The Labute approximate surface area is 126 Å². The topological polar surface area (TPSA) is 32.3 Å². The van der Waals surface area contributed by atoms with Gasteiger partial charge in [0, 0.05) is 6.54 Å². The summed E-state index contributed by atoms with van der Waals surface area (Å²) in [6, 6.07) is 5.27. The molecule has 1 unspecified atom stereocenters. The molecule has 1 rings (SSSR count). The highest BCUT2D eigenvalue weighted by atomic mass is 35.5. The van der Waals surface area contributed by atoms with Gasteiger partial charge in [-0.3, -0.25) is 0 Å². The van der Waals surface area contributed by atoms with Crippen LogP contribution in [0.5, 0.6) is 0 Å². The van der Waals surface area contributed by atoms with E-state index in [0.717, 1.165) is 12.1 Å². The molecule has 0 aliphatic heterocycles. The molecule has 0 bridgehead atoms. The molecule has 0 heterocycles. The highest BCUT2D eigenvalue weighted by Crippen LogP contribution is 2.31. The highest BCUT2D eigenvalue weighted by molar-refractivity contribution is 6.42. The third kappa shape index (κ3) is 5.31. The second-order valence-electron chi connectivity index (χ2n) is 6.70. The molecule has 0 fully saturated rings. The largest absolute Gasteiger partial charge is 0.388 e. The number of rotatable bonds is 4. The first-order chi connectivity index (χ1) is 8.50. The third-order valence-corrected chi connectivity index (χ3v) is 3.56. The van der Waals surface area contributed by atoms with E-state index in [4.69, 9.17) is 23.2 Å². The van der Waals surface area contributed by atoms with Crippen LogP contribution in [0.2, 0.25) is 10.0 Å². The average Bonchev–Trinajstić information content (AvgIpc) is 2.19. The van der Waals surface area contributed by atoms with Crippen LogP contribution in [0.3, 0.4) is 0 Å². The Morgan fingerprint density at radius 2 is 1.68 bits per heavy atom. The number of nitrogens with one attached hydrogen (secondary N) is 1. The van der Waals surface area contributed by atoms with E-state index in [1.807, 2.05) is 12.1 Å². The Morgan fingerprint density at radius 3 is 2.11 bits per heavy atom. The fourth-order valence-electron chi connectivity index (χ4n) is 1.88. The first-order valence-electron chi connectivity index (χ1n) is 6.41. The number of benzene rings is 1. The Hall–Kier alpha value is -0.280. The van der Waals surface area contributed by atoms with Crippen LogP contribution < -0.4 is 5.32 Å². The van der Waals surface area contributed by atoms with Crippen LogP contribution in [0.1, 0.15) is 46.2 Å². The molecule has 108 valence electrons. The molecule has 0 radical (unpaired) electrons. The predicted molar refractivity (Wildman–Crippen MR) is 83.0 cm³/mol. The second-order valence-corrected chi connectivity index (χ2v) is 7.52. The Morgan fingerprint density at radius 1 is 1.11 bits per heavy atom. The van der Waals surface area contributed by atoms with Crippen LogP contribution in [0.15, 0.2) is 18.2 Å². The van der Waals surface area contributed by atoms with Crippen molar-refractivity contribution in [3.63, 3.8) is 0 Å². The lowest BCUT2D eigenvalue weighted by molar-refractivity contribution is 0.0338. The van der Waals surface area contributed by atoms with Crippen LogP contribution in [0.25, 0.3) is 0 Å². The first kappa shape index (κ1) is 16.8. The van der Waals surface area contributed by atoms with Gasteiger partial charge in [-0.05, 0) is 37.0 Å². The van der Waals surface area contributed by atoms with Crippen LogP contribution >= 0.6 is 23.2 Å². The zero-order chi connectivity index (χ0) is 14.8. The summed E-state index contributed by atoms with van der Waals surface area (Å²) in [4.78, 5) is 0. The molecule has 0 saturated heterocycles. The molecule has 0 saturated carbocycles. The Kier molecular flexibility index (Phi) is 5.30. The molecule has 19 heavy (non-hydrogen) atoms. The molecule has 0 spiro atoms. The van der Waals surface area contributed by atoms with Crippen molar-refractivity contribution in [3.8, 4) is 0 Å². The van der Waals surface area contributed by atoms with Crippen LogP contribution in [-0.2, 0) is 0 Å². The van der Waals surface area contributed by atoms with Gasteiger partial charge < -0.3 is 10.4 Å². The SMILES string of the molecule is CC(C)(C)CNC(c1ccc(Cl)c(Cl)c1)C(C)(C)O. The summed E-state index contributed by atoms with van der Waals surface area (Å²) in [6.07, 6.45) is 0. The average molecular weight is 304 g/mol. The summed E-state index contributed by atoms with van der Waals surface area (Å²) >= 11 is 12.0. The van der Waals surface area contributed by atoms with E-state index in [1.54, 1.807) is 19.9 Å². The van der Waals surface area contributed by atoms with Crippen molar-refractivity contribution >= 4 is 23.2 Å². The Bertz CT molecular complexity index is 433. The van der Waals surface area contributed by atoms with Crippen molar-refractivity contribution < 1.29 is 5.11 Å². The smallest absolute Gasteiger partial charge is 0.0785 e. The van der Waals surface area contributed by atoms with Crippen molar-refractivity contribution in [2.24, 2.45) is 5.41 Å². The fraction of sp³-hybridized carbons (Fsp3) is 0.600. The van der Waals surface area contributed by atoms with E-state index in [9.17, 15) is 5.11 Å². The van der Waals surface area contributed by atoms with E-state index < -0.39 is 5.60 Å². The number of halogens is 2. The molecule has 2 N–H and O–H groups in total. The molecule has 0 aliphatic rings. The monoisotopic (exact) mass is 303 g/mol. The lowest BCUT2D eigenvalue weighted by Gasteiger charge is -2.33. The van der Waals surface area contributed by atoms with E-state index in [1.165, 1.54) is 0 Å².